The zero-order valence-electron chi connectivity index (χ0n) is 56.2. The number of carboxylic acid groups (broad SMARTS) is 4. The molecular formula is C63H79N21O18. The van der Waals surface area contributed by atoms with Gasteiger partial charge in [-0.15, -0.1) is 0 Å². The SMILES string of the molecule is CCn1nc(C)cc1C(=O)Nc1nc2cc(C(N)=O)cc(OCCCNC(=O)[C@H](CC(=O)O)NC(=O)[C@H](CC(=O)O)NC(=O)[C@H](CCCNC(=N)N)NC(=O)[C@H](CC(=O)O)NC(=O)[C@H](CC(=O)O)NC)c2n1C/C=C/Cn1c2nc(-c3cc(C)nn3CC)ncc2c2cc(C(N)=O)cc(OC)c21. The van der Waals surface area contributed by atoms with Crippen molar-refractivity contribution in [2.24, 2.45) is 17.2 Å². The van der Waals surface area contributed by atoms with E-state index >= 15 is 0 Å². The molecule has 0 aliphatic heterocycles. The van der Waals surface area contributed by atoms with Crippen molar-refractivity contribution in [2.45, 2.75) is 129 Å². The summed E-state index contributed by atoms with van der Waals surface area (Å²) in [6.45, 7) is 7.65. The van der Waals surface area contributed by atoms with Crippen LogP contribution in [-0.2, 0) is 69.3 Å². The summed E-state index contributed by atoms with van der Waals surface area (Å²) >= 11 is 0. The van der Waals surface area contributed by atoms with Crippen LogP contribution in [0.25, 0.3) is 44.5 Å². The summed E-state index contributed by atoms with van der Waals surface area (Å²) in [5, 5.41) is 75.0. The monoisotopic (exact) mass is 1420 g/mol. The number of aliphatic carboxylic acids is 4. The summed E-state index contributed by atoms with van der Waals surface area (Å²) in [6, 6.07) is 0.200. The van der Waals surface area contributed by atoms with Gasteiger partial charge < -0.3 is 93.5 Å². The number of rotatable bonds is 39. The minimum absolute atomic E-state index is 0.0107. The number of ether oxygens (including phenoxy) is 2. The van der Waals surface area contributed by atoms with Gasteiger partial charge in [-0.05, 0) is 90.4 Å². The van der Waals surface area contributed by atoms with Crippen LogP contribution in [0.2, 0.25) is 0 Å². The number of aryl methyl sites for hydroxylation is 4. The van der Waals surface area contributed by atoms with Crippen LogP contribution in [0.4, 0.5) is 5.95 Å². The molecule has 0 bridgehead atoms. The van der Waals surface area contributed by atoms with Gasteiger partial charge in [0.15, 0.2) is 11.8 Å². The van der Waals surface area contributed by atoms with Gasteiger partial charge in [-0.25, -0.2) is 15.0 Å². The van der Waals surface area contributed by atoms with Crippen LogP contribution in [0.1, 0.15) is 101 Å². The Hall–Kier alpha value is -12.6. The number of nitrogens with one attached hydrogen (secondary N) is 9. The summed E-state index contributed by atoms with van der Waals surface area (Å²) in [4.78, 5) is 170. The van der Waals surface area contributed by atoms with E-state index in [-0.39, 0.29) is 91.6 Å². The summed E-state index contributed by atoms with van der Waals surface area (Å²) in [7, 11) is 2.68. The van der Waals surface area contributed by atoms with E-state index in [1.807, 2.05) is 24.5 Å². The van der Waals surface area contributed by atoms with Crippen molar-refractivity contribution in [3.63, 3.8) is 0 Å². The van der Waals surface area contributed by atoms with Crippen LogP contribution in [0, 0.1) is 19.3 Å². The number of likely N-dealkylation sites (N-methyl/N-ethyl adjacent to an activating group) is 1. The van der Waals surface area contributed by atoms with Crippen molar-refractivity contribution >= 4 is 116 Å². The average Bonchev–Trinajstić information content (AvgIpc) is 1.59. The van der Waals surface area contributed by atoms with Crippen LogP contribution < -0.4 is 69.2 Å². The summed E-state index contributed by atoms with van der Waals surface area (Å²) in [5.41, 5.74) is 20.7. The number of hydrogen-bond donors (Lipinski definition) is 16. The molecule has 5 aromatic heterocycles. The molecular weight excluding hydrogens is 1340 g/mol. The van der Waals surface area contributed by atoms with Gasteiger partial charge in [-0.1, -0.05) is 12.2 Å². The Morgan fingerprint density at radius 1 is 0.598 bits per heavy atom. The van der Waals surface area contributed by atoms with E-state index in [2.05, 4.69) is 52.7 Å². The average molecular weight is 1420 g/mol. The van der Waals surface area contributed by atoms with E-state index in [4.69, 9.17) is 47.0 Å². The number of nitrogens with zero attached hydrogens (tertiary/aromatic N) is 9. The normalized spacial score (nSPS) is 12.8. The predicted molar refractivity (Wildman–Crippen MR) is 362 cm³/mol. The molecule has 19 N–H and O–H groups in total. The number of methoxy groups -OCH3 is 1. The fourth-order valence-corrected chi connectivity index (χ4v) is 10.9. The molecule has 0 saturated carbocycles. The summed E-state index contributed by atoms with van der Waals surface area (Å²) in [6.07, 6.45) is 0.588. The van der Waals surface area contributed by atoms with Crippen LogP contribution in [0.5, 0.6) is 11.5 Å². The summed E-state index contributed by atoms with van der Waals surface area (Å²) < 4.78 is 18.9. The number of carbonyl (C=O) groups is 12. The molecule has 102 heavy (non-hydrogen) atoms. The van der Waals surface area contributed by atoms with Gasteiger partial charge in [-0.2, -0.15) is 10.2 Å². The Balaban J connectivity index is 1.13. The van der Waals surface area contributed by atoms with Crippen molar-refractivity contribution in [3.05, 3.63) is 83.0 Å². The highest BCUT2D eigenvalue weighted by Gasteiger charge is 2.35. The van der Waals surface area contributed by atoms with Crippen molar-refractivity contribution in [1.82, 2.24) is 80.9 Å². The fraction of sp³-hybridized carbons (Fsp3) is 0.397. The first-order valence-corrected chi connectivity index (χ1v) is 31.8. The minimum Gasteiger partial charge on any atom is -0.495 e. The number of fused-ring (bicyclic) bond motifs is 4. The van der Waals surface area contributed by atoms with Gasteiger partial charge in [-0.3, -0.25) is 77.6 Å². The van der Waals surface area contributed by atoms with Crippen LogP contribution in [0.3, 0.4) is 0 Å². The molecule has 0 radical (unpaired) electrons. The number of hydrogen-bond acceptors (Lipinski definition) is 21. The maximum Gasteiger partial charge on any atom is 0.305 e. The molecule has 0 spiro atoms. The first-order valence-electron chi connectivity index (χ1n) is 31.8. The molecule has 544 valence electrons. The Morgan fingerprint density at radius 3 is 1.69 bits per heavy atom. The molecule has 39 nitrogen and oxygen atoms in total. The van der Waals surface area contributed by atoms with E-state index in [1.54, 1.807) is 53.6 Å². The standard InChI is InChI=1S/C63H79N21O18/c1-7-83-42(19-30(3)79-83)54-71-29-35-34-21-32(52(64)93)23-44(101-6)50(34)81(55(35)77-54)16-9-10-17-82-51-37(76-63(82)78-61(100)43-20-31(4)80-84(43)8-2)22-33(53(65)94)24-45(51)102-18-12-15-69-56(95)39(26-47(87)88)73-60(99)41(28-49(91)92)74-57(96)36(13-11-14-70-62(66)67)72-59(98)40(27-48(89)90)75-58(97)38(68-5)25-46(85)86/h9-10,19-24,29,36,38-41,68H,7-8,11-18,25-28H2,1-6H3,(H2,64,93)(H2,65,94)(H,69,95)(H,72,98)(H,73,99)(H,74,96)(H,75,97)(H,85,86)(H,87,88)(H,89,90)(H,91,92)(H4,66,67,70)(H,76,78,100)/b10-9+/t36-,38-,39-,40-,41-/m0/s1. The molecule has 0 aliphatic carbocycles. The highest BCUT2D eigenvalue weighted by atomic mass is 16.5. The van der Waals surface area contributed by atoms with Crippen LogP contribution in [0.15, 0.2) is 54.7 Å². The molecule has 0 unspecified atom stereocenters. The highest BCUT2D eigenvalue weighted by Crippen LogP contribution is 2.37. The second-order valence-electron chi connectivity index (χ2n) is 23.1. The first-order chi connectivity index (χ1) is 48.4. The molecule has 2 aromatic carbocycles. The fourth-order valence-electron chi connectivity index (χ4n) is 10.9. The van der Waals surface area contributed by atoms with Crippen molar-refractivity contribution in [3.8, 4) is 23.0 Å². The number of primary amides is 2. The van der Waals surface area contributed by atoms with Gasteiger partial charge in [0.2, 0.25) is 47.3 Å². The lowest BCUT2D eigenvalue weighted by atomic mass is 10.1. The number of allylic oxidation sites excluding steroid dienone is 2. The van der Waals surface area contributed by atoms with Crippen LogP contribution >= 0.6 is 0 Å². The Morgan fingerprint density at radius 2 is 1.12 bits per heavy atom. The van der Waals surface area contributed by atoms with E-state index < -0.39 is 133 Å². The van der Waals surface area contributed by atoms with Crippen LogP contribution in [-0.4, -0.2) is 205 Å². The molecule has 0 aliphatic rings. The number of carboxylic acids is 4. The highest BCUT2D eigenvalue weighted by molar-refractivity contribution is 6.12. The molecule has 7 rings (SSSR count). The smallest absolute Gasteiger partial charge is 0.305 e. The van der Waals surface area contributed by atoms with Crippen molar-refractivity contribution in [2.75, 3.05) is 39.2 Å². The number of guanidine groups is 1. The van der Waals surface area contributed by atoms with Crippen molar-refractivity contribution in [1.29, 1.82) is 5.41 Å². The molecule has 0 saturated heterocycles. The number of amides is 8. The Kier molecular flexibility index (Phi) is 26.2. The van der Waals surface area contributed by atoms with Gasteiger partial charge in [0.05, 0.1) is 67.9 Å². The van der Waals surface area contributed by atoms with Gasteiger partial charge in [0, 0.05) is 67.4 Å². The van der Waals surface area contributed by atoms with Gasteiger partial charge in [0.25, 0.3) is 5.91 Å². The molecule has 8 amide bonds. The molecule has 5 atom stereocenters. The second kappa shape index (κ2) is 34.8. The number of aromatic nitrogens is 9. The third-order valence-electron chi connectivity index (χ3n) is 15.7. The van der Waals surface area contributed by atoms with E-state index in [0.29, 0.717) is 58.0 Å². The number of anilines is 1. The topological polar surface area (TPSA) is 587 Å². The lowest BCUT2D eigenvalue weighted by Crippen LogP contribution is -2.59. The zero-order valence-corrected chi connectivity index (χ0v) is 56.2. The Labute approximate surface area is 579 Å². The first kappa shape index (κ1) is 76.8. The lowest BCUT2D eigenvalue weighted by Gasteiger charge is -2.26. The lowest BCUT2D eigenvalue weighted by molar-refractivity contribution is -0.143. The predicted octanol–water partition coefficient (Wildman–Crippen LogP) is -1.06. The molecule has 7 aromatic rings. The second-order valence-corrected chi connectivity index (χ2v) is 23.1. The van der Waals surface area contributed by atoms with Crippen molar-refractivity contribution < 1.29 is 87.4 Å². The quantitative estimate of drug-likeness (QED) is 0.00945. The van der Waals surface area contributed by atoms with E-state index in [0.717, 1.165) is 5.69 Å². The maximum absolute atomic E-state index is 14.1. The van der Waals surface area contributed by atoms with E-state index in [1.165, 1.54) is 37.0 Å². The Bertz CT molecular complexity index is 4440. The summed E-state index contributed by atoms with van der Waals surface area (Å²) in [5.74, 6) is -14.4. The number of nitrogens with two attached hydrogens (primary N) is 3. The third kappa shape index (κ3) is 19.6. The molecule has 5 heterocycles. The number of carbonyl (C=O) groups excluding carboxylic acids is 8. The largest absolute Gasteiger partial charge is 0.495 e. The minimum atomic E-state index is -2.08. The zero-order chi connectivity index (χ0) is 74.8. The van der Waals surface area contributed by atoms with Gasteiger partial charge in [0.1, 0.15) is 58.2 Å². The van der Waals surface area contributed by atoms with Gasteiger partial charge >= 0.3 is 23.9 Å². The number of benzene rings is 2. The maximum atomic E-state index is 14.1. The third-order valence-corrected chi connectivity index (χ3v) is 15.7. The van der Waals surface area contributed by atoms with E-state index in [9.17, 15) is 78.0 Å². The molecule has 0 fully saturated rings. The number of imidazole rings is 1. The molecule has 39 heteroatoms.